The van der Waals surface area contributed by atoms with Crippen LogP contribution >= 0.6 is 22.9 Å². The number of halogens is 1. The minimum absolute atomic E-state index is 0.0269. The molecule has 2 rings (SSSR count). The number of rotatable bonds is 3. The van der Waals surface area contributed by atoms with E-state index in [0.717, 1.165) is 11.3 Å². The summed E-state index contributed by atoms with van der Waals surface area (Å²) in [6, 6.07) is -0.268. The van der Waals surface area contributed by atoms with Gasteiger partial charge in [0.15, 0.2) is 9.84 Å². The monoisotopic (exact) mass is 309 g/mol. The molecule has 9 heteroatoms. The van der Waals surface area contributed by atoms with Gasteiger partial charge in [-0.05, 0) is 24.9 Å². The molecule has 2 heterocycles. The summed E-state index contributed by atoms with van der Waals surface area (Å²) < 4.78 is 23.1. The number of aromatic nitrogens is 2. The van der Waals surface area contributed by atoms with Crippen LogP contribution < -0.4 is 0 Å². The van der Waals surface area contributed by atoms with Crippen molar-refractivity contribution in [1.82, 2.24) is 15.1 Å². The van der Waals surface area contributed by atoms with E-state index in [1.807, 2.05) is 6.92 Å². The standard InChI is InChI=1S/C9H12ClN3O3S2/c1-2-13(6-3-4-18(15,16)5-6)8(14)7-11-12-9(10)17-7/h6H,2-5H2,1H3. The number of hydrogen-bond donors (Lipinski definition) is 0. The maximum Gasteiger partial charge on any atom is 0.285 e. The maximum atomic E-state index is 12.2. The van der Waals surface area contributed by atoms with Gasteiger partial charge >= 0.3 is 0 Å². The van der Waals surface area contributed by atoms with Crippen LogP contribution in [-0.2, 0) is 9.84 Å². The van der Waals surface area contributed by atoms with E-state index in [-0.39, 0.29) is 32.9 Å². The summed E-state index contributed by atoms with van der Waals surface area (Å²) >= 11 is 6.64. The fourth-order valence-electron chi connectivity index (χ4n) is 2.00. The molecule has 100 valence electrons. The van der Waals surface area contributed by atoms with Crippen molar-refractivity contribution >= 4 is 38.7 Å². The second-order valence-corrected chi connectivity index (χ2v) is 7.80. The highest BCUT2D eigenvalue weighted by molar-refractivity contribution is 7.91. The van der Waals surface area contributed by atoms with E-state index in [9.17, 15) is 13.2 Å². The molecule has 1 aliphatic rings. The largest absolute Gasteiger partial charge is 0.333 e. The summed E-state index contributed by atoms with van der Waals surface area (Å²) in [5, 5.41) is 7.47. The van der Waals surface area contributed by atoms with Gasteiger partial charge in [0.2, 0.25) is 9.47 Å². The van der Waals surface area contributed by atoms with E-state index in [2.05, 4.69) is 10.2 Å². The molecule has 0 aromatic carbocycles. The third kappa shape index (κ3) is 2.81. The Hall–Kier alpha value is -0.730. The van der Waals surface area contributed by atoms with Crippen LogP contribution in [0.15, 0.2) is 0 Å². The van der Waals surface area contributed by atoms with Crippen molar-refractivity contribution in [3.8, 4) is 0 Å². The van der Waals surface area contributed by atoms with Crippen molar-refractivity contribution in [2.75, 3.05) is 18.1 Å². The van der Waals surface area contributed by atoms with Crippen LogP contribution in [0.3, 0.4) is 0 Å². The Morgan fingerprint density at radius 2 is 2.28 bits per heavy atom. The summed E-state index contributed by atoms with van der Waals surface area (Å²) in [5.74, 6) is -0.138. The topological polar surface area (TPSA) is 80.2 Å². The number of amides is 1. The van der Waals surface area contributed by atoms with Crippen LogP contribution in [0.2, 0.25) is 4.47 Å². The molecule has 0 aliphatic carbocycles. The quantitative estimate of drug-likeness (QED) is 0.826. The van der Waals surface area contributed by atoms with Crippen molar-refractivity contribution in [2.45, 2.75) is 19.4 Å². The molecule has 0 bridgehead atoms. The van der Waals surface area contributed by atoms with Gasteiger partial charge in [0.05, 0.1) is 11.5 Å². The van der Waals surface area contributed by atoms with Crippen molar-refractivity contribution < 1.29 is 13.2 Å². The zero-order valence-electron chi connectivity index (χ0n) is 9.67. The molecule has 1 aliphatic heterocycles. The third-order valence-electron chi connectivity index (χ3n) is 2.83. The Morgan fingerprint density at radius 3 is 2.72 bits per heavy atom. The molecular weight excluding hydrogens is 298 g/mol. The van der Waals surface area contributed by atoms with Crippen LogP contribution in [-0.4, -0.2) is 53.5 Å². The number of nitrogens with zero attached hydrogens (tertiary/aromatic N) is 3. The maximum absolute atomic E-state index is 12.2. The minimum atomic E-state index is -3.01. The highest BCUT2D eigenvalue weighted by Gasteiger charge is 2.35. The Morgan fingerprint density at radius 1 is 1.56 bits per heavy atom. The zero-order valence-corrected chi connectivity index (χ0v) is 12.1. The normalized spacial score (nSPS) is 22.0. The first-order valence-electron chi connectivity index (χ1n) is 5.43. The van der Waals surface area contributed by atoms with Crippen LogP contribution in [0.1, 0.15) is 23.1 Å². The van der Waals surface area contributed by atoms with Crippen LogP contribution in [0, 0.1) is 0 Å². The van der Waals surface area contributed by atoms with Gasteiger partial charge in [-0.3, -0.25) is 4.79 Å². The average Bonchev–Trinajstić information content (AvgIpc) is 2.86. The molecule has 0 N–H and O–H groups in total. The molecular formula is C9H12ClN3O3S2. The van der Waals surface area contributed by atoms with Crippen LogP contribution in [0.25, 0.3) is 0 Å². The number of sulfone groups is 1. The molecule has 1 saturated heterocycles. The van der Waals surface area contributed by atoms with E-state index < -0.39 is 9.84 Å². The predicted octanol–water partition coefficient (Wildman–Crippen LogP) is 0.841. The first kappa shape index (κ1) is 13.7. The van der Waals surface area contributed by atoms with Gasteiger partial charge in [0.1, 0.15) is 0 Å². The molecule has 1 amide bonds. The van der Waals surface area contributed by atoms with Gasteiger partial charge in [-0.1, -0.05) is 11.3 Å². The molecule has 0 saturated carbocycles. The molecule has 18 heavy (non-hydrogen) atoms. The summed E-state index contributed by atoms with van der Waals surface area (Å²) in [7, 11) is -3.01. The van der Waals surface area contributed by atoms with Gasteiger partial charge in [-0.15, -0.1) is 10.2 Å². The number of hydrogen-bond acceptors (Lipinski definition) is 6. The summed E-state index contributed by atoms with van der Waals surface area (Å²) in [4.78, 5) is 13.7. The van der Waals surface area contributed by atoms with Crippen molar-refractivity contribution in [2.24, 2.45) is 0 Å². The van der Waals surface area contributed by atoms with E-state index in [4.69, 9.17) is 11.6 Å². The van der Waals surface area contributed by atoms with Crippen molar-refractivity contribution in [1.29, 1.82) is 0 Å². The van der Waals surface area contributed by atoms with Gasteiger partial charge in [-0.2, -0.15) is 0 Å². The van der Waals surface area contributed by atoms with Gasteiger partial charge in [0, 0.05) is 12.6 Å². The molecule has 6 nitrogen and oxygen atoms in total. The lowest BCUT2D eigenvalue weighted by atomic mass is 10.2. The summed E-state index contributed by atoms with van der Waals surface area (Å²) in [6.45, 7) is 2.25. The van der Waals surface area contributed by atoms with Gasteiger partial charge in [0.25, 0.3) is 5.91 Å². The second-order valence-electron chi connectivity index (χ2n) is 4.01. The number of carbonyl (C=O) groups is 1. The Labute approximate surface area is 114 Å². The van der Waals surface area contributed by atoms with Crippen LogP contribution in [0.5, 0.6) is 0 Å². The van der Waals surface area contributed by atoms with Gasteiger partial charge < -0.3 is 4.90 Å². The third-order valence-corrected chi connectivity index (χ3v) is 5.59. The SMILES string of the molecule is CCN(C(=O)c1nnc(Cl)s1)C1CCS(=O)(=O)C1. The fraction of sp³-hybridized carbons (Fsp3) is 0.667. The Balaban J connectivity index is 2.17. The van der Waals surface area contributed by atoms with E-state index >= 15 is 0 Å². The highest BCUT2D eigenvalue weighted by Crippen LogP contribution is 2.22. The van der Waals surface area contributed by atoms with Gasteiger partial charge in [-0.25, -0.2) is 8.42 Å². The molecule has 0 radical (unpaired) electrons. The molecule has 1 aromatic heterocycles. The molecule has 0 spiro atoms. The zero-order chi connectivity index (χ0) is 13.3. The highest BCUT2D eigenvalue weighted by atomic mass is 35.5. The van der Waals surface area contributed by atoms with E-state index in [0.29, 0.717) is 13.0 Å². The fourth-order valence-corrected chi connectivity index (χ4v) is 4.52. The second kappa shape index (κ2) is 5.10. The summed E-state index contributed by atoms with van der Waals surface area (Å²) in [6.07, 6.45) is 0.481. The molecule has 1 aromatic rings. The predicted molar refractivity (Wildman–Crippen MR) is 68.7 cm³/mol. The lowest BCUT2D eigenvalue weighted by Crippen LogP contribution is -2.40. The smallest absolute Gasteiger partial charge is 0.285 e. The van der Waals surface area contributed by atoms with Crippen molar-refractivity contribution in [3.05, 3.63) is 9.47 Å². The molecule has 1 unspecified atom stereocenters. The first-order valence-corrected chi connectivity index (χ1v) is 8.45. The molecule has 1 atom stereocenters. The lowest BCUT2D eigenvalue weighted by molar-refractivity contribution is 0.0707. The minimum Gasteiger partial charge on any atom is -0.333 e. The Bertz CT molecular complexity index is 557. The molecule has 1 fully saturated rings. The first-order chi connectivity index (χ1) is 8.43. The van der Waals surface area contributed by atoms with Crippen LogP contribution in [0.4, 0.5) is 0 Å². The van der Waals surface area contributed by atoms with E-state index in [1.165, 1.54) is 4.90 Å². The number of carbonyl (C=O) groups excluding carboxylic acids is 1. The lowest BCUT2D eigenvalue weighted by Gasteiger charge is -2.25. The Kier molecular flexibility index (Phi) is 3.88. The van der Waals surface area contributed by atoms with Crippen molar-refractivity contribution in [3.63, 3.8) is 0 Å². The summed E-state index contributed by atoms with van der Waals surface area (Å²) in [5.41, 5.74) is 0. The average molecular weight is 310 g/mol. The van der Waals surface area contributed by atoms with E-state index in [1.54, 1.807) is 0 Å².